The number of hydrogen-bond acceptors (Lipinski definition) is 2. The van der Waals surface area contributed by atoms with E-state index in [-0.39, 0.29) is 0 Å². The molecule has 1 aromatic carbocycles. The molecule has 1 nitrogen and oxygen atoms in total. The van der Waals surface area contributed by atoms with Crippen molar-refractivity contribution in [1.29, 1.82) is 0 Å². The van der Waals surface area contributed by atoms with Gasteiger partial charge in [0, 0.05) is 4.90 Å². The molecule has 1 aromatic rings. The van der Waals surface area contributed by atoms with Gasteiger partial charge in [0.05, 0.1) is 5.60 Å². The Hall–Kier alpha value is -0.470. The van der Waals surface area contributed by atoms with Crippen LogP contribution in [0.15, 0.2) is 29.2 Å². The van der Waals surface area contributed by atoms with Crippen molar-refractivity contribution in [3.63, 3.8) is 0 Å². The van der Waals surface area contributed by atoms with Crippen molar-refractivity contribution in [2.75, 3.05) is 5.75 Å². The molecule has 14 heavy (non-hydrogen) atoms. The van der Waals surface area contributed by atoms with Crippen LogP contribution in [-0.2, 0) is 5.60 Å². The first-order chi connectivity index (χ1) is 6.60. The molecule has 1 rings (SSSR count). The Morgan fingerprint density at radius 2 is 1.79 bits per heavy atom. The molecule has 1 N–H and O–H groups in total. The van der Waals surface area contributed by atoms with Gasteiger partial charge in [0.1, 0.15) is 0 Å². The summed E-state index contributed by atoms with van der Waals surface area (Å²) in [7, 11) is 0. The molecule has 0 saturated carbocycles. The van der Waals surface area contributed by atoms with Crippen LogP contribution in [0.3, 0.4) is 0 Å². The maximum Gasteiger partial charge on any atom is 0.0865 e. The molecule has 0 bridgehead atoms. The first-order valence-electron chi connectivity index (χ1n) is 5.06. The van der Waals surface area contributed by atoms with E-state index in [1.165, 1.54) is 4.90 Å². The van der Waals surface area contributed by atoms with Gasteiger partial charge in [0.15, 0.2) is 0 Å². The molecular weight excluding hydrogens is 192 g/mol. The van der Waals surface area contributed by atoms with Crippen molar-refractivity contribution in [3.8, 4) is 0 Å². The lowest BCUT2D eigenvalue weighted by molar-refractivity contribution is 0.0530. The van der Waals surface area contributed by atoms with Crippen molar-refractivity contribution in [1.82, 2.24) is 0 Å². The Bertz CT molecular complexity index is 277. The lowest BCUT2D eigenvalue weighted by atomic mass is 9.94. The summed E-state index contributed by atoms with van der Waals surface area (Å²) < 4.78 is 0. The van der Waals surface area contributed by atoms with E-state index in [1.807, 2.05) is 37.7 Å². The predicted molar refractivity (Wildman–Crippen MR) is 62.7 cm³/mol. The summed E-state index contributed by atoms with van der Waals surface area (Å²) in [5.74, 6) is 1.09. The van der Waals surface area contributed by atoms with Crippen molar-refractivity contribution < 1.29 is 5.11 Å². The van der Waals surface area contributed by atoms with Gasteiger partial charge >= 0.3 is 0 Å². The molecule has 0 aliphatic rings. The minimum atomic E-state index is -0.685. The molecular formula is C12H18OS. The molecule has 0 aliphatic carbocycles. The Morgan fingerprint density at radius 3 is 2.21 bits per heavy atom. The van der Waals surface area contributed by atoms with E-state index in [2.05, 4.69) is 19.1 Å². The van der Waals surface area contributed by atoms with Crippen LogP contribution in [-0.4, -0.2) is 10.9 Å². The number of benzene rings is 1. The SMILES string of the molecule is CCSc1ccc([C@@](C)(O)CC)cc1. The Kier molecular flexibility index (Phi) is 4.02. The molecule has 78 valence electrons. The van der Waals surface area contributed by atoms with Crippen LogP contribution in [0.5, 0.6) is 0 Å². The Morgan fingerprint density at radius 1 is 1.21 bits per heavy atom. The second-order valence-corrected chi connectivity index (χ2v) is 4.92. The average Bonchev–Trinajstić information content (AvgIpc) is 2.19. The minimum absolute atomic E-state index is 0.685. The molecule has 0 saturated heterocycles. The van der Waals surface area contributed by atoms with Crippen LogP contribution in [0.1, 0.15) is 32.8 Å². The van der Waals surface area contributed by atoms with Crippen LogP contribution >= 0.6 is 11.8 Å². The first-order valence-corrected chi connectivity index (χ1v) is 6.04. The minimum Gasteiger partial charge on any atom is -0.385 e. The standard InChI is InChI=1S/C12H18OS/c1-4-12(3,13)10-6-8-11(9-7-10)14-5-2/h6-9,13H,4-5H2,1-3H3/t12-/m0/s1. The van der Waals surface area contributed by atoms with Gasteiger partial charge in [-0.15, -0.1) is 11.8 Å². The van der Waals surface area contributed by atoms with E-state index in [0.29, 0.717) is 0 Å². The van der Waals surface area contributed by atoms with E-state index < -0.39 is 5.60 Å². The van der Waals surface area contributed by atoms with E-state index in [1.54, 1.807) is 0 Å². The first kappa shape index (κ1) is 11.6. The van der Waals surface area contributed by atoms with Gasteiger partial charge in [-0.05, 0) is 36.8 Å². The molecule has 0 heterocycles. The largest absolute Gasteiger partial charge is 0.385 e. The zero-order valence-corrected chi connectivity index (χ0v) is 9.90. The van der Waals surface area contributed by atoms with Crippen LogP contribution < -0.4 is 0 Å². The monoisotopic (exact) mass is 210 g/mol. The predicted octanol–water partition coefficient (Wildman–Crippen LogP) is 3.42. The van der Waals surface area contributed by atoms with Crippen molar-refractivity contribution in [2.24, 2.45) is 0 Å². The van der Waals surface area contributed by atoms with E-state index >= 15 is 0 Å². The molecule has 0 spiro atoms. The van der Waals surface area contributed by atoms with E-state index in [4.69, 9.17) is 0 Å². The fourth-order valence-electron chi connectivity index (χ4n) is 1.28. The smallest absolute Gasteiger partial charge is 0.0865 e. The third-order valence-electron chi connectivity index (χ3n) is 2.48. The summed E-state index contributed by atoms with van der Waals surface area (Å²) in [5.41, 5.74) is 0.315. The number of aliphatic hydroxyl groups is 1. The third kappa shape index (κ3) is 2.76. The summed E-state index contributed by atoms with van der Waals surface area (Å²) in [6.07, 6.45) is 0.743. The summed E-state index contributed by atoms with van der Waals surface area (Å²) in [5, 5.41) is 10.0. The van der Waals surface area contributed by atoms with Crippen molar-refractivity contribution in [3.05, 3.63) is 29.8 Å². The highest BCUT2D eigenvalue weighted by Gasteiger charge is 2.19. The summed E-state index contributed by atoms with van der Waals surface area (Å²) in [6.45, 7) is 5.99. The summed E-state index contributed by atoms with van der Waals surface area (Å²) in [4.78, 5) is 1.27. The molecule has 0 amide bonds. The van der Waals surface area contributed by atoms with Crippen LogP contribution in [0.25, 0.3) is 0 Å². The highest BCUT2D eigenvalue weighted by Crippen LogP contribution is 2.26. The maximum atomic E-state index is 10.0. The topological polar surface area (TPSA) is 20.2 Å². The normalized spacial score (nSPS) is 15.1. The van der Waals surface area contributed by atoms with Gasteiger partial charge in [0.2, 0.25) is 0 Å². The van der Waals surface area contributed by atoms with Gasteiger partial charge in [-0.3, -0.25) is 0 Å². The number of thioether (sulfide) groups is 1. The molecule has 2 heteroatoms. The van der Waals surface area contributed by atoms with E-state index in [9.17, 15) is 5.11 Å². The van der Waals surface area contributed by atoms with Gasteiger partial charge in [0.25, 0.3) is 0 Å². The molecule has 0 aliphatic heterocycles. The fourth-order valence-corrected chi connectivity index (χ4v) is 1.94. The maximum absolute atomic E-state index is 10.0. The summed E-state index contributed by atoms with van der Waals surface area (Å²) >= 11 is 1.82. The number of rotatable bonds is 4. The molecule has 0 unspecified atom stereocenters. The summed E-state index contributed by atoms with van der Waals surface area (Å²) in [6, 6.07) is 8.18. The highest BCUT2D eigenvalue weighted by atomic mass is 32.2. The third-order valence-corrected chi connectivity index (χ3v) is 3.37. The quantitative estimate of drug-likeness (QED) is 0.768. The fraction of sp³-hybridized carbons (Fsp3) is 0.500. The van der Waals surface area contributed by atoms with Gasteiger partial charge in [-0.1, -0.05) is 26.0 Å². The second-order valence-electron chi connectivity index (χ2n) is 3.58. The lowest BCUT2D eigenvalue weighted by Crippen LogP contribution is -2.19. The van der Waals surface area contributed by atoms with Crippen LogP contribution in [0.2, 0.25) is 0 Å². The molecule has 0 radical (unpaired) electrons. The van der Waals surface area contributed by atoms with Gasteiger partial charge < -0.3 is 5.11 Å². The lowest BCUT2D eigenvalue weighted by Gasteiger charge is -2.21. The van der Waals surface area contributed by atoms with Crippen LogP contribution in [0.4, 0.5) is 0 Å². The van der Waals surface area contributed by atoms with Gasteiger partial charge in [-0.2, -0.15) is 0 Å². The zero-order chi connectivity index (χ0) is 10.6. The second kappa shape index (κ2) is 4.85. The van der Waals surface area contributed by atoms with E-state index in [0.717, 1.165) is 17.7 Å². The molecule has 1 atom stereocenters. The average molecular weight is 210 g/mol. The zero-order valence-electron chi connectivity index (χ0n) is 9.08. The molecule has 0 aromatic heterocycles. The van der Waals surface area contributed by atoms with Crippen molar-refractivity contribution in [2.45, 2.75) is 37.7 Å². The highest BCUT2D eigenvalue weighted by molar-refractivity contribution is 7.99. The Balaban J connectivity index is 2.82. The number of hydrogen-bond donors (Lipinski definition) is 1. The van der Waals surface area contributed by atoms with Gasteiger partial charge in [-0.25, -0.2) is 0 Å². The van der Waals surface area contributed by atoms with Crippen LogP contribution in [0, 0.1) is 0 Å². The molecule has 0 fully saturated rings. The Labute approximate surface area is 90.5 Å². The van der Waals surface area contributed by atoms with Crippen molar-refractivity contribution >= 4 is 11.8 Å².